The van der Waals surface area contributed by atoms with Crippen LogP contribution in [0.1, 0.15) is 76.1 Å². The Morgan fingerprint density at radius 2 is 1.84 bits per heavy atom. The Labute approximate surface area is 215 Å². The van der Waals surface area contributed by atoms with Gasteiger partial charge < -0.3 is 19.5 Å². The van der Waals surface area contributed by atoms with Gasteiger partial charge in [0.2, 0.25) is 5.95 Å². The maximum atomic E-state index is 13.6. The summed E-state index contributed by atoms with van der Waals surface area (Å²) in [4.78, 5) is 46.0. The predicted octanol–water partition coefficient (Wildman–Crippen LogP) is 3.77. The number of anilines is 1. The normalized spacial score (nSPS) is 21.6. The van der Waals surface area contributed by atoms with Crippen molar-refractivity contribution < 1.29 is 19.1 Å². The summed E-state index contributed by atoms with van der Waals surface area (Å²) in [6.07, 6.45) is 4.53. The number of fused-ring (bicyclic) bond motifs is 5. The van der Waals surface area contributed by atoms with Crippen LogP contribution in [0.15, 0.2) is 42.5 Å². The molecule has 0 aliphatic carbocycles. The zero-order valence-corrected chi connectivity index (χ0v) is 21.0. The van der Waals surface area contributed by atoms with E-state index < -0.39 is 0 Å². The van der Waals surface area contributed by atoms with Gasteiger partial charge in [0.15, 0.2) is 0 Å². The Hall–Kier alpha value is -3.72. The lowest BCUT2D eigenvalue weighted by Gasteiger charge is -2.47. The molecule has 4 heterocycles. The summed E-state index contributed by atoms with van der Waals surface area (Å²) in [7, 11) is 0. The zero-order chi connectivity index (χ0) is 25.6. The number of nitrogens with one attached hydrogen (secondary N) is 2. The standard InChI is InChI=1S/C28H31N5O4/c1-18-7-2-3-13-29-24(34)19-8-4-9-20(15-19)25(35)31-27-30-22-11-5-10-21(23(22)33(18)27)26(36)32-16-28(17-32)12-6-14-37-28/h4-5,8-11,15,18H,2-3,6-7,12-14,16-17H2,1H3,(H,29,34)(H,30,31,35)/t18-/m0/s1. The maximum Gasteiger partial charge on any atom is 0.257 e. The Morgan fingerprint density at radius 1 is 1.05 bits per heavy atom. The molecule has 0 radical (unpaired) electrons. The number of benzene rings is 2. The monoisotopic (exact) mass is 501 g/mol. The van der Waals surface area contributed by atoms with Crippen molar-refractivity contribution in [3.05, 3.63) is 59.2 Å². The van der Waals surface area contributed by atoms with E-state index in [4.69, 9.17) is 9.72 Å². The number of para-hydroxylation sites is 1. The van der Waals surface area contributed by atoms with Crippen LogP contribution in [0.2, 0.25) is 0 Å². The molecule has 2 N–H and O–H groups in total. The molecule has 192 valence electrons. The molecule has 3 aliphatic rings. The van der Waals surface area contributed by atoms with Crippen molar-refractivity contribution in [3.63, 3.8) is 0 Å². The third-order valence-corrected chi connectivity index (χ3v) is 7.76. The second-order valence-electron chi connectivity index (χ2n) is 10.4. The van der Waals surface area contributed by atoms with E-state index in [2.05, 4.69) is 17.6 Å². The molecular formula is C28H31N5O4. The van der Waals surface area contributed by atoms with E-state index in [0.717, 1.165) is 44.2 Å². The van der Waals surface area contributed by atoms with E-state index in [1.807, 2.05) is 27.7 Å². The highest BCUT2D eigenvalue weighted by Gasteiger charge is 2.48. The summed E-state index contributed by atoms with van der Waals surface area (Å²) in [6, 6.07) is 12.2. The van der Waals surface area contributed by atoms with Crippen molar-refractivity contribution in [2.75, 3.05) is 31.6 Å². The lowest BCUT2D eigenvalue weighted by molar-refractivity contribution is -0.0949. The summed E-state index contributed by atoms with van der Waals surface area (Å²) in [6.45, 7) is 4.61. The Bertz CT molecular complexity index is 1380. The van der Waals surface area contributed by atoms with E-state index in [0.29, 0.717) is 47.8 Å². The molecule has 2 fully saturated rings. The number of nitrogens with zero attached hydrogens (tertiary/aromatic N) is 3. The average Bonchev–Trinajstić information content (AvgIpc) is 3.51. The number of amides is 3. The molecule has 0 unspecified atom stereocenters. The van der Waals surface area contributed by atoms with Gasteiger partial charge in [0.25, 0.3) is 17.7 Å². The molecule has 6 rings (SSSR count). The second-order valence-corrected chi connectivity index (χ2v) is 10.4. The molecule has 2 aromatic carbocycles. The van der Waals surface area contributed by atoms with Gasteiger partial charge in [-0.2, -0.15) is 0 Å². The zero-order valence-electron chi connectivity index (χ0n) is 21.0. The molecule has 37 heavy (non-hydrogen) atoms. The number of hydrogen-bond acceptors (Lipinski definition) is 5. The summed E-state index contributed by atoms with van der Waals surface area (Å²) in [5.41, 5.74) is 2.62. The molecule has 3 aliphatic heterocycles. The van der Waals surface area contributed by atoms with E-state index >= 15 is 0 Å². The van der Waals surface area contributed by atoms with Crippen molar-refractivity contribution in [2.24, 2.45) is 0 Å². The molecule has 1 aromatic heterocycles. The quantitative estimate of drug-likeness (QED) is 0.528. The molecule has 3 amide bonds. The van der Waals surface area contributed by atoms with Gasteiger partial charge in [0, 0.05) is 30.3 Å². The van der Waals surface area contributed by atoms with Gasteiger partial charge in [0.05, 0.1) is 29.7 Å². The van der Waals surface area contributed by atoms with Crippen LogP contribution < -0.4 is 10.6 Å². The van der Waals surface area contributed by atoms with Gasteiger partial charge in [-0.05, 0) is 69.4 Å². The summed E-state index contributed by atoms with van der Waals surface area (Å²) in [5, 5.41) is 5.90. The van der Waals surface area contributed by atoms with Crippen molar-refractivity contribution in [1.82, 2.24) is 19.8 Å². The molecule has 9 heteroatoms. The lowest BCUT2D eigenvalue weighted by Crippen LogP contribution is -2.63. The van der Waals surface area contributed by atoms with E-state index in [1.54, 1.807) is 24.3 Å². The molecule has 1 spiro atoms. The molecule has 9 nitrogen and oxygen atoms in total. The fraction of sp³-hybridized carbons (Fsp3) is 0.429. The fourth-order valence-corrected chi connectivity index (χ4v) is 5.78. The molecule has 0 saturated carbocycles. The third kappa shape index (κ3) is 4.27. The van der Waals surface area contributed by atoms with Crippen molar-refractivity contribution >= 4 is 34.7 Å². The average molecular weight is 502 g/mol. The minimum absolute atomic E-state index is 0.0277. The lowest BCUT2D eigenvalue weighted by atomic mass is 9.90. The highest BCUT2D eigenvalue weighted by Crippen LogP contribution is 2.37. The number of aromatic nitrogens is 2. The van der Waals surface area contributed by atoms with Crippen LogP contribution in [-0.4, -0.2) is 64.0 Å². The SMILES string of the molecule is C[C@H]1CCCCNC(=O)c2cccc(c2)C(=O)Nc2nc3cccc(C(=O)N4CC5(CCCO5)C4)c3n21. The summed E-state index contributed by atoms with van der Waals surface area (Å²) >= 11 is 0. The van der Waals surface area contributed by atoms with Gasteiger partial charge >= 0.3 is 0 Å². The Balaban J connectivity index is 1.39. The van der Waals surface area contributed by atoms with Gasteiger partial charge in [-0.25, -0.2) is 4.98 Å². The smallest absolute Gasteiger partial charge is 0.257 e. The number of imidazole rings is 1. The van der Waals surface area contributed by atoms with Crippen molar-refractivity contribution in [3.8, 4) is 0 Å². The van der Waals surface area contributed by atoms with Crippen LogP contribution in [0.5, 0.6) is 0 Å². The Kier molecular flexibility index (Phi) is 5.95. The number of rotatable bonds is 1. The van der Waals surface area contributed by atoms with Crippen LogP contribution in [-0.2, 0) is 4.74 Å². The molecule has 1 atom stereocenters. The van der Waals surface area contributed by atoms with Crippen molar-refractivity contribution in [2.45, 2.75) is 50.7 Å². The van der Waals surface area contributed by atoms with Crippen LogP contribution in [0.25, 0.3) is 11.0 Å². The number of hydrogen-bond donors (Lipinski definition) is 2. The Morgan fingerprint density at radius 3 is 2.62 bits per heavy atom. The minimum Gasteiger partial charge on any atom is -0.371 e. The van der Waals surface area contributed by atoms with Crippen molar-refractivity contribution in [1.29, 1.82) is 0 Å². The first-order chi connectivity index (χ1) is 17.9. The first-order valence-electron chi connectivity index (χ1n) is 13.1. The summed E-state index contributed by atoms with van der Waals surface area (Å²) in [5.74, 6) is -0.182. The second kappa shape index (κ2) is 9.30. The molecule has 2 bridgehead atoms. The fourth-order valence-electron chi connectivity index (χ4n) is 5.78. The molecular weight excluding hydrogens is 470 g/mol. The molecule has 2 saturated heterocycles. The van der Waals surface area contributed by atoms with Crippen LogP contribution in [0, 0.1) is 0 Å². The number of carbonyl (C=O) groups excluding carboxylic acids is 3. The van der Waals surface area contributed by atoms with E-state index in [9.17, 15) is 14.4 Å². The predicted molar refractivity (Wildman–Crippen MR) is 139 cm³/mol. The highest BCUT2D eigenvalue weighted by molar-refractivity contribution is 6.08. The van der Waals surface area contributed by atoms with E-state index in [-0.39, 0.29) is 29.4 Å². The topological polar surface area (TPSA) is 106 Å². The molecule has 3 aromatic rings. The third-order valence-electron chi connectivity index (χ3n) is 7.76. The number of carbonyl (C=O) groups is 3. The highest BCUT2D eigenvalue weighted by atomic mass is 16.5. The van der Waals surface area contributed by atoms with Gasteiger partial charge in [-0.15, -0.1) is 0 Å². The largest absolute Gasteiger partial charge is 0.371 e. The first-order valence-corrected chi connectivity index (χ1v) is 13.1. The maximum absolute atomic E-state index is 13.6. The van der Waals surface area contributed by atoms with Crippen LogP contribution in [0.3, 0.4) is 0 Å². The van der Waals surface area contributed by atoms with Crippen LogP contribution >= 0.6 is 0 Å². The minimum atomic E-state index is -0.355. The van der Waals surface area contributed by atoms with Gasteiger partial charge in [-0.1, -0.05) is 12.1 Å². The van der Waals surface area contributed by atoms with Crippen LogP contribution in [0.4, 0.5) is 5.95 Å². The van der Waals surface area contributed by atoms with Gasteiger partial charge in [-0.3, -0.25) is 19.7 Å². The van der Waals surface area contributed by atoms with E-state index in [1.165, 1.54) is 0 Å². The number of likely N-dealkylation sites (tertiary alicyclic amines) is 1. The first kappa shape index (κ1) is 23.7. The summed E-state index contributed by atoms with van der Waals surface area (Å²) < 4.78 is 7.92. The van der Waals surface area contributed by atoms with Gasteiger partial charge in [0.1, 0.15) is 5.60 Å². The number of ether oxygens (including phenoxy) is 1.